The number of Topliss-reactive ketones (excluding diaryl/α,β-unsaturated/α-hetero) is 2. The molecule has 0 spiro atoms. The standard InChI is InChI=1S/C20H26N2O3/c1-12-7-8-18(25-6)16(9-12)10-22(5)11-17(24)20-13(2)19(15(4)23)14(3)21-20/h7-9,21H,10-11H2,1-6H3. The van der Waals surface area contributed by atoms with E-state index in [1.807, 2.05) is 44.9 Å². The number of aromatic amines is 1. The molecule has 1 aromatic carbocycles. The monoisotopic (exact) mass is 342 g/mol. The number of ketones is 2. The van der Waals surface area contributed by atoms with Gasteiger partial charge in [0.25, 0.3) is 0 Å². The number of benzene rings is 1. The Morgan fingerprint density at radius 3 is 2.44 bits per heavy atom. The van der Waals surface area contributed by atoms with Crippen LogP contribution in [0.15, 0.2) is 18.2 Å². The molecule has 134 valence electrons. The number of likely N-dealkylation sites (N-methyl/N-ethyl adjacent to an activating group) is 1. The number of nitrogens with zero attached hydrogens (tertiary/aromatic N) is 1. The number of aryl methyl sites for hydroxylation is 2. The largest absolute Gasteiger partial charge is 0.496 e. The van der Waals surface area contributed by atoms with Crippen molar-refractivity contribution < 1.29 is 14.3 Å². The number of nitrogens with one attached hydrogen (secondary N) is 1. The molecular formula is C20H26N2O3. The minimum absolute atomic E-state index is 0.0249. The Hall–Kier alpha value is -2.40. The third-order valence-electron chi connectivity index (χ3n) is 4.36. The maximum Gasteiger partial charge on any atom is 0.193 e. The lowest BCUT2D eigenvalue weighted by atomic mass is 10.1. The summed E-state index contributed by atoms with van der Waals surface area (Å²) in [7, 11) is 3.55. The van der Waals surface area contributed by atoms with Gasteiger partial charge in [-0.05, 0) is 46.4 Å². The summed E-state index contributed by atoms with van der Waals surface area (Å²) in [6.45, 7) is 8.05. The Morgan fingerprint density at radius 1 is 1.20 bits per heavy atom. The number of H-pyrrole nitrogens is 1. The van der Waals surface area contributed by atoms with Crippen LogP contribution in [0.1, 0.15) is 50.2 Å². The summed E-state index contributed by atoms with van der Waals surface area (Å²) < 4.78 is 5.40. The summed E-state index contributed by atoms with van der Waals surface area (Å²) in [5.74, 6) is 0.765. The van der Waals surface area contributed by atoms with Crippen molar-refractivity contribution in [1.82, 2.24) is 9.88 Å². The smallest absolute Gasteiger partial charge is 0.193 e. The molecule has 1 heterocycles. The molecule has 2 aromatic rings. The van der Waals surface area contributed by atoms with Crippen molar-refractivity contribution in [2.45, 2.75) is 34.2 Å². The highest BCUT2D eigenvalue weighted by Gasteiger charge is 2.21. The van der Waals surface area contributed by atoms with E-state index < -0.39 is 0 Å². The van der Waals surface area contributed by atoms with E-state index in [0.717, 1.165) is 28.1 Å². The quantitative estimate of drug-likeness (QED) is 0.783. The zero-order valence-electron chi connectivity index (χ0n) is 15.8. The lowest BCUT2D eigenvalue weighted by Crippen LogP contribution is -2.26. The number of methoxy groups -OCH3 is 1. The van der Waals surface area contributed by atoms with Crippen molar-refractivity contribution in [3.63, 3.8) is 0 Å². The fraction of sp³-hybridized carbons (Fsp3) is 0.400. The number of aromatic nitrogens is 1. The van der Waals surface area contributed by atoms with E-state index in [0.29, 0.717) is 17.8 Å². The van der Waals surface area contributed by atoms with E-state index in [-0.39, 0.29) is 18.1 Å². The van der Waals surface area contributed by atoms with Crippen molar-refractivity contribution in [1.29, 1.82) is 0 Å². The minimum atomic E-state index is -0.0257. The van der Waals surface area contributed by atoms with Crippen LogP contribution in [0.5, 0.6) is 5.75 Å². The molecule has 0 saturated heterocycles. The summed E-state index contributed by atoms with van der Waals surface area (Å²) in [6, 6.07) is 6.01. The fourth-order valence-corrected chi connectivity index (χ4v) is 3.26. The number of carbonyl (C=O) groups is 2. The average molecular weight is 342 g/mol. The van der Waals surface area contributed by atoms with E-state index in [1.54, 1.807) is 7.11 Å². The predicted octanol–water partition coefficient (Wildman–Crippen LogP) is 3.47. The molecule has 2 rings (SSSR count). The maximum absolute atomic E-state index is 12.7. The Morgan fingerprint density at radius 2 is 1.88 bits per heavy atom. The van der Waals surface area contributed by atoms with Crippen LogP contribution in [-0.4, -0.2) is 42.2 Å². The summed E-state index contributed by atoms with van der Waals surface area (Å²) in [4.78, 5) is 29.4. The third kappa shape index (κ3) is 4.17. The molecular weight excluding hydrogens is 316 g/mol. The van der Waals surface area contributed by atoms with Crippen LogP contribution in [0.25, 0.3) is 0 Å². The Kier molecular flexibility index (Phi) is 5.80. The van der Waals surface area contributed by atoms with Crippen molar-refractivity contribution in [3.05, 3.63) is 51.8 Å². The van der Waals surface area contributed by atoms with Crippen molar-refractivity contribution >= 4 is 11.6 Å². The number of rotatable bonds is 7. The van der Waals surface area contributed by atoms with Crippen LogP contribution in [0.4, 0.5) is 0 Å². The van der Waals surface area contributed by atoms with E-state index in [1.165, 1.54) is 6.92 Å². The lowest BCUT2D eigenvalue weighted by Gasteiger charge is -2.18. The highest BCUT2D eigenvalue weighted by molar-refractivity contribution is 6.03. The third-order valence-corrected chi connectivity index (χ3v) is 4.36. The van der Waals surface area contributed by atoms with Gasteiger partial charge in [0.15, 0.2) is 11.6 Å². The first-order valence-corrected chi connectivity index (χ1v) is 8.30. The Labute approximate surface area is 149 Å². The first-order valence-electron chi connectivity index (χ1n) is 8.30. The van der Waals surface area contributed by atoms with Crippen LogP contribution >= 0.6 is 0 Å². The zero-order chi connectivity index (χ0) is 18.7. The molecule has 5 heteroatoms. The summed E-state index contributed by atoms with van der Waals surface area (Å²) in [5, 5.41) is 0. The van der Waals surface area contributed by atoms with Gasteiger partial charge in [-0.3, -0.25) is 14.5 Å². The lowest BCUT2D eigenvalue weighted by molar-refractivity contribution is 0.0937. The first-order chi connectivity index (χ1) is 11.7. The van der Waals surface area contributed by atoms with Crippen LogP contribution in [-0.2, 0) is 6.54 Å². The average Bonchev–Trinajstić information content (AvgIpc) is 2.82. The van der Waals surface area contributed by atoms with Gasteiger partial charge >= 0.3 is 0 Å². The molecule has 0 radical (unpaired) electrons. The van der Waals surface area contributed by atoms with Gasteiger partial charge in [-0.25, -0.2) is 0 Å². The first kappa shape index (κ1) is 18.9. The van der Waals surface area contributed by atoms with Crippen LogP contribution in [0.2, 0.25) is 0 Å². The molecule has 0 saturated carbocycles. The molecule has 0 atom stereocenters. The van der Waals surface area contributed by atoms with Crippen LogP contribution in [0, 0.1) is 20.8 Å². The molecule has 0 aliphatic rings. The predicted molar refractivity (Wildman–Crippen MR) is 98.7 cm³/mol. The van der Waals surface area contributed by atoms with Gasteiger partial charge in [0.05, 0.1) is 19.3 Å². The zero-order valence-corrected chi connectivity index (χ0v) is 15.8. The second-order valence-electron chi connectivity index (χ2n) is 6.59. The summed E-state index contributed by atoms with van der Waals surface area (Å²) in [6.07, 6.45) is 0. The molecule has 25 heavy (non-hydrogen) atoms. The van der Waals surface area contributed by atoms with Gasteiger partial charge in [0, 0.05) is 23.4 Å². The Bertz CT molecular complexity index is 806. The van der Waals surface area contributed by atoms with Crippen LogP contribution in [0.3, 0.4) is 0 Å². The molecule has 5 nitrogen and oxygen atoms in total. The molecule has 0 aliphatic heterocycles. The molecule has 0 amide bonds. The molecule has 0 bridgehead atoms. The topological polar surface area (TPSA) is 62.4 Å². The number of carbonyl (C=O) groups excluding carboxylic acids is 2. The summed E-state index contributed by atoms with van der Waals surface area (Å²) in [5.41, 5.74) is 4.81. The second-order valence-corrected chi connectivity index (χ2v) is 6.59. The van der Waals surface area contributed by atoms with Crippen molar-refractivity contribution in [2.75, 3.05) is 20.7 Å². The van der Waals surface area contributed by atoms with Gasteiger partial charge < -0.3 is 9.72 Å². The fourth-order valence-electron chi connectivity index (χ4n) is 3.26. The van der Waals surface area contributed by atoms with Crippen molar-refractivity contribution in [3.8, 4) is 5.75 Å². The molecule has 1 N–H and O–H groups in total. The Balaban J connectivity index is 2.15. The summed E-state index contributed by atoms with van der Waals surface area (Å²) >= 11 is 0. The molecule has 0 fully saturated rings. The molecule has 0 unspecified atom stereocenters. The maximum atomic E-state index is 12.7. The van der Waals surface area contributed by atoms with E-state index in [9.17, 15) is 9.59 Å². The SMILES string of the molecule is COc1ccc(C)cc1CN(C)CC(=O)c1[nH]c(C)c(C(C)=O)c1C. The van der Waals surface area contributed by atoms with Gasteiger partial charge in [0.1, 0.15) is 5.75 Å². The van der Waals surface area contributed by atoms with Gasteiger partial charge in [-0.15, -0.1) is 0 Å². The number of hydrogen-bond acceptors (Lipinski definition) is 4. The number of ether oxygens (including phenoxy) is 1. The van der Waals surface area contributed by atoms with Crippen LogP contribution < -0.4 is 4.74 Å². The number of hydrogen-bond donors (Lipinski definition) is 1. The van der Waals surface area contributed by atoms with E-state index in [4.69, 9.17) is 4.74 Å². The highest BCUT2D eigenvalue weighted by atomic mass is 16.5. The second kappa shape index (κ2) is 7.66. The van der Waals surface area contributed by atoms with Crippen molar-refractivity contribution in [2.24, 2.45) is 0 Å². The molecule has 0 aliphatic carbocycles. The van der Waals surface area contributed by atoms with E-state index in [2.05, 4.69) is 11.1 Å². The highest BCUT2D eigenvalue weighted by Crippen LogP contribution is 2.22. The van der Waals surface area contributed by atoms with E-state index >= 15 is 0 Å². The minimum Gasteiger partial charge on any atom is -0.496 e. The normalized spacial score (nSPS) is 11.0. The molecule has 1 aromatic heterocycles. The van der Waals surface area contributed by atoms with Gasteiger partial charge in [0.2, 0.25) is 0 Å². The van der Waals surface area contributed by atoms with Gasteiger partial charge in [-0.2, -0.15) is 0 Å². The van der Waals surface area contributed by atoms with Gasteiger partial charge in [-0.1, -0.05) is 17.7 Å².